The van der Waals surface area contributed by atoms with Crippen molar-refractivity contribution in [1.82, 2.24) is 5.32 Å². The molecule has 0 bridgehead atoms. The van der Waals surface area contributed by atoms with Crippen LogP contribution >= 0.6 is 0 Å². The van der Waals surface area contributed by atoms with Gasteiger partial charge in [-0.25, -0.2) is 0 Å². The van der Waals surface area contributed by atoms with Crippen molar-refractivity contribution < 1.29 is 5.11 Å². The summed E-state index contributed by atoms with van der Waals surface area (Å²) in [6.07, 6.45) is 3.63. The Labute approximate surface area is 145 Å². The van der Waals surface area contributed by atoms with E-state index in [1.165, 1.54) is 11.1 Å². The molecule has 1 aliphatic rings. The van der Waals surface area contributed by atoms with Crippen LogP contribution in [-0.2, 0) is 0 Å². The zero-order valence-corrected chi connectivity index (χ0v) is 14.8. The summed E-state index contributed by atoms with van der Waals surface area (Å²) in [5, 5.41) is 15.4. The second-order valence-electron chi connectivity index (χ2n) is 7.09. The molecule has 0 spiro atoms. The van der Waals surface area contributed by atoms with Gasteiger partial charge in [0.25, 0.3) is 0 Å². The molecule has 1 fully saturated rings. The van der Waals surface area contributed by atoms with E-state index in [-0.39, 0.29) is 18.0 Å². The van der Waals surface area contributed by atoms with Gasteiger partial charge in [0.15, 0.2) is 0 Å². The van der Waals surface area contributed by atoms with Crippen LogP contribution in [0.3, 0.4) is 0 Å². The maximum atomic E-state index is 11.6. The number of nitrogens with one attached hydrogen (secondary N) is 1. The normalized spacial score (nSPS) is 30.2. The lowest BCUT2D eigenvalue weighted by Crippen LogP contribution is -2.52. The summed E-state index contributed by atoms with van der Waals surface area (Å²) in [6.45, 7) is 4.37. The van der Waals surface area contributed by atoms with E-state index in [4.69, 9.17) is 0 Å². The van der Waals surface area contributed by atoms with Gasteiger partial charge in [-0.3, -0.25) is 0 Å². The Hall–Kier alpha value is -1.64. The van der Waals surface area contributed by atoms with E-state index in [1.54, 1.807) is 0 Å². The average molecular weight is 323 g/mol. The zero-order chi connectivity index (χ0) is 17.0. The maximum Gasteiger partial charge on any atom is 0.0711 e. The van der Waals surface area contributed by atoms with Gasteiger partial charge in [-0.05, 0) is 30.4 Å². The minimum absolute atomic E-state index is 0.187. The molecule has 128 valence electrons. The minimum Gasteiger partial charge on any atom is -0.389 e. The summed E-state index contributed by atoms with van der Waals surface area (Å²) in [5.74, 6) is 0.236. The molecule has 3 rings (SSSR count). The lowest BCUT2D eigenvalue weighted by Gasteiger charge is -2.49. The first-order chi connectivity index (χ1) is 11.7. The van der Waals surface area contributed by atoms with Crippen molar-refractivity contribution in [2.45, 2.75) is 57.2 Å². The molecule has 0 saturated carbocycles. The van der Waals surface area contributed by atoms with Crippen LogP contribution in [0.1, 0.15) is 62.7 Å². The molecular weight excluding hydrogens is 294 g/mol. The minimum atomic E-state index is -0.615. The highest BCUT2D eigenvalue weighted by Crippen LogP contribution is 2.46. The number of hydrogen-bond acceptors (Lipinski definition) is 2. The largest absolute Gasteiger partial charge is 0.389 e. The molecule has 0 aliphatic carbocycles. The molecule has 2 aromatic rings. The zero-order valence-electron chi connectivity index (χ0n) is 14.8. The van der Waals surface area contributed by atoms with Crippen LogP contribution in [0.2, 0.25) is 0 Å². The lowest BCUT2D eigenvalue weighted by atomic mass is 9.68. The molecule has 1 aliphatic heterocycles. The van der Waals surface area contributed by atoms with E-state index in [1.807, 2.05) is 6.07 Å². The van der Waals surface area contributed by atoms with Gasteiger partial charge in [-0.15, -0.1) is 0 Å². The molecule has 0 aromatic heterocycles. The molecule has 24 heavy (non-hydrogen) atoms. The fraction of sp³-hybridized carbons (Fsp3) is 0.455. The number of aliphatic hydroxyl groups is 1. The van der Waals surface area contributed by atoms with Crippen molar-refractivity contribution in [1.29, 1.82) is 0 Å². The Morgan fingerprint density at radius 1 is 0.958 bits per heavy atom. The molecular formula is C22H29NO. The van der Waals surface area contributed by atoms with E-state index in [9.17, 15) is 5.11 Å². The summed E-state index contributed by atoms with van der Waals surface area (Å²) in [7, 11) is 0. The van der Waals surface area contributed by atoms with Gasteiger partial charge in [-0.2, -0.15) is 0 Å². The number of hydrogen-bond donors (Lipinski definition) is 2. The van der Waals surface area contributed by atoms with Gasteiger partial charge < -0.3 is 10.4 Å². The van der Waals surface area contributed by atoms with Crippen molar-refractivity contribution in [3.05, 3.63) is 71.8 Å². The van der Waals surface area contributed by atoms with Gasteiger partial charge in [0.1, 0.15) is 0 Å². The molecule has 2 heteroatoms. The van der Waals surface area contributed by atoms with E-state index in [0.29, 0.717) is 0 Å². The van der Waals surface area contributed by atoms with E-state index in [2.05, 4.69) is 73.8 Å². The predicted octanol–water partition coefficient (Wildman–Crippen LogP) is 5.02. The van der Waals surface area contributed by atoms with E-state index >= 15 is 0 Å². The number of benzene rings is 2. The highest BCUT2D eigenvalue weighted by Gasteiger charge is 2.46. The third kappa shape index (κ3) is 3.40. The van der Waals surface area contributed by atoms with Crippen molar-refractivity contribution >= 4 is 0 Å². The van der Waals surface area contributed by atoms with Crippen LogP contribution in [0, 0.1) is 5.92 Å². The Kier molecular flexibility index (Phi) is 5.37. The van der Waals surface area contributed by atoms with Gasteiger partial charge in [0.05, 0.1) is 5.60 Å². The molecule has 0 unspecified atom stereocenters. The summed E-state index contributed by atoms with van der Waals surface area (Å²) in [5.41, 5.74) is 1.93. The smallest absolute Gasteiger partial charge is 0.0711 e. The summed E-state index contributed by atoms with van der Waals surface area (Å²) in [4.78, 5) is 0. The fourth-order valence-corrected chi connectivity index (χ4v) is 4.43. The lowest BCUT2D eigenvalue weighted by molar-refractivity contribution is -0.0827. The molecule has 2 nitrogen and oxygen atoms in total. The highest BCUT2D eigenvalue weighted by molar-refractivity contribution is 5.26. The topological polar surface area (TPSA) is 32.3 Å². The van der Waals surface area contributed by atoms with Crippen LogP contribution in [0.4, 0.5) is 0 Å². The van der Waals surface area contributed by atoms with E-state index < -0.39 is 5.60 Å². The van der Waals surface area contributed by atoms with E-state index in [0.717, 1.165) is 25.7 Å². The number of piperidine rings is 1. The van der Waals surface area contributed by atoms with Gasteiger partial charge in [-0.1, -0.05) is 80.9 Å². The third-order valence-electron chi connectivity index (χ3n) is 5.51. The van der Waals surface area contributed by atoms with Crippen molar-refractivity contribution in [3.63, 3.8) is 0 Å². The first-order valence-electron chi connectivity index (χ1n) is 9.26. The quantitative estimate of drug-likeness (QED) is 0.810. The second kappa shape index (κ2) is 7.50. The molecule has 4 atom stereocenters. The van der Waals surface area contributed by atoms with Gasteiger partial charge in [0.2, 0.25) is 0 Å². The first kappa shape index (κ1) is 17.2. The first-order valence-corrected chi connectivity index (χ1v) is 9.26. The Morgan fingerprint density at radius 2 is 1.54 bits per heavy atom. The predicted molar refractivity (Wildman–Crippen MR) is 99.8 cm³/mol. The Morgan fingerprint density at radius 3 is 2.08 bits per heavy atom. The molecule has 1 heterocycles. The summed E-state index contributed by atoms with van der Waals surface area (Å²) < 4.78 is 0. The standard InChI is InChI=1S/C22H29NO/c1-3-15-22(24)16-20(17-11-7-5-8-12-17)23-21(19(22)4-2)18-13-9-6-10-14-18/h5-14,19-21,23-24H,3-4,15-16H2,1-2H3/t19-,20-,21-,22+/m1/s1. The maximum absolute atomic E-state index is 11.6. The molecule has 2 aromatic carbocycles. The fourth-order valence-electron chi connectivity index (χ4n) is 4.43. The highest BCUT2D eigenvalue weighted by atomic mass is 16.3. The SMILES string of the molecule is CCC[C@]1(O)C[C@H](c2ccccc2)N[C@H](c2ccccc2)[C@H]1CC. The Balaban J connectivity index is 1.98. The third-order valence-corrected chi connectivity index (χ3v) is 5.51. The van der Waals surface area contributed by atoms with Crippen LogP contribution < -0.4 is 5.32 Å². The van der Waals surface area contributed by atoms with Crippen molar-refractivity contribution in [2.75, 3.05) is 0 Å². The molecule has 0 radical (unpaired) electrons. The summed E-state index contributed by atoms with van der Waals surface area (Å²) in [6, 6.07) is 21.5. The molecule has 2 N–H and O–H groups in total. The monoisotopic (exact) mass is 323 g/mol. The molecule has 0 amide bonds. The summed E-state index contributed by atoms with van der Waals surface area (Å²) >= 11 is 0. The molecule has 1 saturated heterocycles. The van der Waals surface area contributed by atoms with Crippen LogP contribution in [0.5, 0.6) is 0 Å². The van der Waals surface area contributed by atoms with Crippen molar-refractivity contribution in [3.8, 4) is 0 Å². The van der Waals surface area contributed by atoms with Crippen LogP contribution in [0.25, 0.3) is 0 Å². The van der Waals surface area contributed by atoms with Crippen molar-refractivity contribution in [2.24, 2.45) is 5.92 Å². The van der Waals surface area contributed by atoms with Gasteiger partial charge >= 0.3 is 0 Å². The van der Waals surface area contributed by atoms with Crippen LogP contribution in [-0.4, -0.2) is 10.7 Å². The Bertz CT molecular complexity index is 627. The second-order valence-corrected chi connectivity index (χ2v) is 7.09. The number of rotatable bonds is 5. The van der Waals surface area contributed by atoms with Gasteiger partial charge in [0, 0.05) is 18.0 Å². The van der Waals surface area contributed by atoms with Crippen LogP contribution in [0.15, 0.2) is 60.7 Å². The average Bonchev–Trinajstić information content (AvgIpc) is 2.62.